The minimum atomic E-state index is -3.67. The Morgan fingerprint density at radius 3 is 2.06 bits per heavy atom. The summed E-state index contributed by atoms with van der Waals surface area (Å²) in [5.74, 6) is -0.177. The third-order valence-electron chi connectivity index (χ3n) is 5.57. The Morgan fingerprint density at radius 1 is 0.812 bits per heavy atom. The minimum absolute atomic E-state index is 0.177. The smallest absolute Gasteiger partial charge is 0.261 e. The van der Waals surface area contributed by atoms with Crippen LogP contribution >= 0.6 is 0 Å². The highest BCUT2D eigenvalue weighted by Crippen LogP contribution is 2.27. The lowest BCUT2D eigenvalue weighted by Gasteiger charge is -2.21. The molecule has 1 fully saturated rings. The van der Waals surface area contributed by atoms with E-state index in [-0.39, 0.29) is 10.8 Å². The van der Waals surface area contributed by atoms with Crippen molar-refractivity contribution in [2.75, 3.05) is 28.0 Å². The van der Waals surface area contributed by atoms with Gasteiger partial charge in [-0.25, -0.2) is 8.42 Å². The molecule has 2 N–H and O–H groups in total. The summed E-state index contributed by atoms with van der Waals surface area (Å²) in [6.07, 6.45) is 2.27. The van der Waals surface area contributed by atoms with Gasteiger partial charge in [-0.15, -0.1) is 0 Å². The van der Waals surface area contributed by atoms with Crippen molar-refractivity contribution in [3.8, 4) is 0 Å². The Hall–Kier alpha value is -3.32. The normalized spacial score (nSPS) is 13.8. The first-order valence-corrected chi connectivity index (χ1v) is 12.2. The number of amides is 1. The van der Waals surface area contributed by atoms with Gasteiger partial charge in [0.15, 0.2) is 0 Å². The Morgan fingerprint density at radius 2 is 1.41 bits per heavy atom. The summed E-state index contributed by atoms with van der Waals surface area (Å²) in [5, 5.41) is 2.93. The predicted molar refractivity (Wildman–Crippen MR) is 129 cm³/mol. The molecule has 0 aliphatic carbocycles. The van der Waals surface area contributed by atoms with Gasteiger partial charge in [0.05, 0.1) is 10.5 Å². The molecule has 0 spiro atoms. The average Bonchev–Trinajstić information content (AvgIpc) is 3.30. The van der Waals surface area contributed by atoms with E-state index in [1.165, 1.54) is 0 Å². The van der Waals surface area contributed by atoms with E-state index in [1.54, 1.807) is 48.5 Å². The Bertz CT molecular complexity index is 1210. The molecule has 0 bridgehead atoms. The van der Waals surface area contributed by atoms with Crippen molar-refractivity contribution in [2.45, 2.75) is 31.6 Å². The molecular weight excluding hydrogens is 422 g/mol. The van der Waals surface area contributed by atoms with Crippen LogP contribution in [0.2, 0.25) is 0 Å². The molecule has 3 aromatic carbocycles. The fourth-order valence-corrected chi connectivity index (χ4v) is 4.88. The fraction of sp³-hybridized carbons (Fsp3) is 0.240. The third-order valence-corrected chi connectivity index (χ3v) is 6.97. The van der Waals surface area contributed by atoms with Crippen LogP contribution in [0.1, 0.15) is 34.3 Å². The summed E-state index contributed by atoms with van der Waals surface area (Å²) in [6.45, 7) is 5.79. The van der Waals surface area contributed by atoms with Gasteiger partial charge in [-0.3, -0.25) is 9.52 Å². The third kappa shape index (κ3) is 4.94. The molecule has 1 saturated heterocycles. The fourth-order valence-electron chi connectivity index (χ4n) is 3.82. The van der Waals surface area contributed by atoms with Crippen LogP contribution in [-0.4, -0.2) is 27.4 Å². The molecule has 1 heterocycles. The maximum Gasteiger partial charge on any atom is 0.261 e. The number of nitrogens with zero attached hydrogens (tertiary/aromatic N) is 1. The van der Waals surface area contributed by atoms with Crippen LogP contribution in [0.4, 0.5) is 17.1 Å². The second kappa shape index (κ2) is 9.04. The van der Waals surface area contributed by atoms with E-state index in [0.29, 0.717) is 16.9 Å². The molecule has 0 saturated carbocycles. The van der Waals surface area contributed by atoms with Gasteiger partial charge in [-0.1, -0.05) is 29.3 Å². The van der Waals surface area contributed by atoms with Crippen molar-refractivity contribution >= 4 is 33.0 Å². The Labute approximate surface area is 189 Å². The molecule has 6 nitrogen and oxygen atoms in total. The van der Waals surface area contributed by atoms with Crippen LogP contribution in [0.5, 0.6) is 0 Å². The summed E-state index contributed by atoms with van der Waals surface area (Å²) in [6, 6.07) is 19.3. The van der Waals surface area contributed by atoms with E-state index in [0.717, 1.165) is 42.7 Å². The van der Waals surface area contributed by atoms with Crippen LogP contribution in [0.25, 0.3) is 0 Å². The van der Waals surface area contributed by atoms with Gasteiger partial charge in [0.1, 0.15) is 0 Å². The molecule has 0 atom stereocenters. The zero-order valence-electron chi connectivity index (χ0n) is 18.3. The highest BCUT2D eigenvalue weighted by Gasteiger charge is 2.20. The molecule has 0 aromatic heterocycles. The van der Waals surface area contributed by atoms with E-state index in [9.17, 15) is 13.2 Å². The van der Waals surface area contributed by atoms with Crippen molar-refractivity contribution in [3.63, 3.8) is 0 Å². The van der Waals surface area contributed by atoms with E-state index in [1.807, 2.05) is 32.0 Å². The summed E-state index contributed by atoms with van der Waals surface area (Å²) in [4.78, 5) is 15.5. The van der Waals surface area contributed by atoms with Crippen molar-refractivity contribution in [1.82, 2.24) is 0 Å². The number of aryl methyl sites for hydroxylation is 2. The maximum atomic E-state index is 13.0. The van der Waals surface area contributed by atoms with E-state index in [4.69, 9.17) is 0 Å². The molecule has 0 radical (unpaired) electrons. The van der Waals surface area contributed by atoms with Crippen molar-refractivity contribution in [2.24, 2.45) is 0 Å². The number of sulfonamides is 1. The van der Waals surface area contributed by atoms with Crippen LogP contribution in [0.3, 0.4) is 0 Å². The first kappa shape index (κ1) is 21.9. The molecule has 1 aliphatic heterocycles. The molecule has 32 heavy (non-hydrogen) atoms. The van der Waals surface area contributed by atoms with Gasteiger partial charge in [0.2, 0.25) is 0 Å². The minimum Gasteiger partial charge on any atom is -0.371 e. The molecule has 4 rings (SSSR count). The van der Waals surface area contributed by atoms with Gasteiger partial charge < -0.3 is 10.2 Å². The molecule has 3 aromatic rings. The van der Waals surface area contributed by atoms with Crippen LogP contribution < -0.4 is 14.9 Å². The number of hydrogen-bond acceptors (Lipinski definition) is 4. The van der Waals surface area contributed by atoms with Gasteiger partial charge in [0.25, 0.3) is 15.9 Å². The summed E-state index contributed by atoms with van der Waals surface area (Å²) in [5.41, 5.74) is 4.65. The summed E-state index contributed by atoms with van der Waals surface area (Å²) >= 11 is 0. The second-order valence-electron chi connectivity index (χ2n) is 8.16. The van der Waals surface area contributed by atoms with Gasteiger partial charge in [-0.05, 0) is 75.2 Å². The monoisotopic (exact) mass is 449 g/mol. The van der Waals surface area contributed by atoms with E-state index < -0.39 is 10.0 Å². The molecule has 0 unspecified atom stereocenters. The number of hydrogen-bond donors (Lipinski definition) is 2. The topological polar surface area (TPSA) is 78.5 Å². The number of carbonyl (C=O) groups excluding carboxylic acids is 1. The number of anilines is 3. The Balaban J connectivity index is 1.48. The van der Waals surface area contributed by atoms with Crippen LogP contribution in [0.15, 0.2) is 71.6 Å². The molecule has 7 heteroatoms. The van der Waals surface area contributed by atoms with E-state index in [2.05, 4.69) is 14.9 Å². The van der Waals surface area contributed by atoms with Gasteiger partial charge in [0, 0.05) is 30.2 Å². The van der Waals surface area contributed by atoms with Crippen LogP contribution in [-0.2, 0) is 10.0 Å². The lowest BCUT2D eigenvalue weighted by molar-refractivity contribution is 0.102. The standard InChI is InChI=1S/C25H27N3O3S/c1-18-5-12-22(13-6-18)32(30,31)27-21-10-8-20(9-11-21)26-25(29)23-17-19(2)7-14-24(23)28-15-3-4-16-28/h5-14,17,27H,3-4,15-16H2,1-2H3,(H,26,29). The van der Waals surface area contributed by atoms with Crippen LogP contribution in [0, 0.1) is 13.8 Å². The first-order valence-electron chi connectivity index (χ1n) is 10.7. The first-order chi connectivity index (χ1) is 15.3. The highest BCUT2D eigenvalue weighted by atomic mass is 32.2. The zero-order chi connectivity index (χ0) is 22.7. The SMILES string of the molecule is Cc1ccc(S(=O)(=O)Nc2ccc(NC(=O)c3cc(C)ccc3N3CCCC3)cc2)cc1. The lowest BCUT2D eigenvalue weighted by Crippen LogP contribution is -2.23. The second-order valence-corrected chi connectivity index (χ2v) is 9.85. The molecule has 1 amide bonds. The largest absolute Gasteiger partial charge is 0.371 e. The van der Waals surface area contributed by atoms with Crippen molar-refractivity contribution in [3.05, 3.63) is 83.4 Å². The summed E-state index contributed by atoms with van der Waals surface area (Å²) in [7, 11) is -3.67. The quantitative estimate of drug-likeness (QED) is 0.558. The molecule has 166 valence electrons. The van der Waals surface area contributed by atoms with E-state index >= 15 is 0 Å². The highest BCUT2D eigenvalue weighted by molar-refractivity contribution is 7.92. The zero-order valence-corrected chi connectivity index (χ0v) is 19.1. The number of rotatable bonds is 6. The number of nitrogens with one attached hydrogen (secondary N) is 2. The number of benzene rings is 3. The van der Waals surface area contributed by atoms with Gasteiger partial charge >= 0.3 is 0 Å². The van der Waals surface area contributed by atoms with Crippen molar-refractivity contribution in [1.29, 1.82) is 0 Å². The molecular formula is C25H27N3O3S. The predicted octanol–water partition coefficient (Wildman–Crippen LogP) is 4.96. The maximum absolute atomic E-state index is 13.0. The van der Waals surface area contributed by atoms with Crippen molar-refractivity contribution < 1.29 is 13.2 Å². The average molecular weight is 450 g/mol. The summed E-state index contributed by atoms with van der Waals surface area (Å²) < 4.78 is 27.7. The Kier molecular flexibility index (Phi) is 6.19. The van der Waals surface area contributed by atoms with Gasteiger partial charge in [-0.2, -0.15) is 0 Å². The molecule has 1 aliphatic rings. The number of carbonyl (C=O) groups is 1. The lowest BCUT2D eigenvalue weighted by atomic mass is 10.1.